The topological polar surface area (TPSA) is 86.8 Å². The maximum absolute atomic E-state index is 5.87. The van der Waals surface area contributed by atoms with Gasteiger partial charge in [0.25, 0.3) is 0 Å². The third-order valence-electron chi connectivity index (χ3n) is 6.01. The molecule has 0 aliphatic carbocycles. The molecule has 9 nitrogen and oxygen atoms in total. The lowest BCUT2D eigenvalue weighted by Crippen LogP contribution is -2.58. The van der Waals surface area contributed by atoms with Gasteiger partial charge >= 0.3 is 0 Å². The predicted octanol–water partition coefficient (Wildman–Crippen LogP) is 2.37. The summed E-state index contributed by atoms with van der Waals surface area (Å²) in [5.41, 5.74) is 1.51. The van der Waals surface area contributed by atoms with Crippen molar-refractivity contribution in [1.82, 2.24) is 34.3 Å². The van der Waals surface area contributed by atoms with Gasteiger partial charge in [-0.15, -0.1) is 10.2 Å². The smallest absolute Gasteiger partial charge is 0.237 e. The van der Waals surface area contributed by atoms with E-state index in [1.807, 2.05) is 51.9 Å². The van der Waals surface area contributed by atoms with Crippen molar-refractivity contribution in [3.05, 3.63) is 61.1 Å². The summed E-state index contributed by atoms with van der Waals surface area (Å²) in [5, 5.41) is 8.60. The quantitative estimate of drug-likeness (QED) is 0.522. The number of anilines is 1. The molecule has 9 heteroatoms. The largest absolute Gasteiger partial charge is 0.377 e. The Hall–Kier alpha value is -3.59. The van der Waals surface area contributed by atoms with E-state index in [1.165, 1.54) is 0 Å². The third kappa shape index (κ3) is 2.29. The number of morpholine rings is 1. The van der Waals surface area contributed by atoms with Gasteiger partial charge in [0.1, 0.15) is 23.4 Å². The highest BCUT2D eigenvalue weighted by Crippen LogP contribution is 2.43. The van der Waals surface area contributed by atoms with Gasteiger partial charge in [-0.1, -0.05) is 37.3 Å². The zero-order valence-corrected chi connectivity index (χ0v) is 16.5. The molecule has 1 saturated heterocycles. The Morgan fingerprint density at radius 3 is 2.90 bits per heavy atom. The van der Waals surface area contributed by atoms with E-state index in [4.69, 9.17) is 9.72 Å². The molecule has 2 aliphatic heterocycles. The first-order chi connectivity index (χ1) is 14.8. The summed E-state index contributed by atoms with van der Waals surface area (Å²) in [5.74, 6) is 3.13. The fourth-order valence-electron chi connectivity index (χ4n) is 4.47. The average molecular weight is 400 g/mol. The molecule has 0 bridgehead atoms. The number of hydrogen-bond acceptors (Lipinski definition) is 7. The first-order valence-corrected chi connectivity index (χ1v) is 10.0. The number of benzene rings is 1. The minimum Gasteiger partial charge on any atom is -0.377 e. The number of aromatic nitrogens is 7. The molecule has 0 unspecified atom stereocenters. The second kappa shape index (κ2) is 6.46. The highest BCUT2D eigenvalue weighted by atomic mass is 16.5. The van der Waals surface area contributed by atoms with E-state index < -0.39 is 0 Å². The summed E-state index contributed by atoms with van der Waals surface area (Å²) in [6.07, 6.45) is 8.07. The molecule has 4 aromatic rings. The van der Waals surface area contributed by atoms with Crippen LogP contribution in [0.5, 0.6) is 0 Å². The molecule has 1 atom stereocenters. The van der Waals surface area contributed by atoms with E-state index >= 15 is 0 Å². The molecular formula is C21H20N8O. The molecule has 150 valence electrons. The number of nitrogens with zero attached hydrogens (tertiary/aromatic N) is 8. The Morgan fingerprint density at radius 2 is 2.03 bits per heavy atom. The summed E-state index contributed by atoms with van der Waals surface area (Å²) < 4.78 is 9.78. The normalized spacial score (nSPS) is 19.8. The molecule has 30 heavy (non-hydrogen) atoms. The summed E-state index contributed by atoms with van der Waals surface area (Å²) in [6, 6.07) is 10.1. The summed E-state index contributed by atoms with van der Waals surface area (Å²) in [7, 11) is 0. The van der Waals surface area contributed by atoms with Gasteiger partial charge < -0.3 is 9.64 Å². The van der Waals surface area contributed by atoms with Crippen molar-refractivity contribution >= 4 is 5.82 Å². The van der Waals surface area contributed by atoms with Crippen LogP contribution < -0.4 is 4.90 Å². The lowest BCUT2D eigenvalue weighted by atomic mass is 9.90. The van der Waals surface area contributed by atoms with E-state index in [0.29, 0.717) is 19.2 Å². The second-order valence-electron chi connectivity index (χ2n) is 7.48. The molecule has 5 heterocycles. The number of imidazole rings is 1. The van der Waals surface area contributed by atoms with Crippen LogP contribution in [-0.2, 0) is 10.3 Å². The van der Waals surface area contributed by atoms with Gasteiger partial charge in [-0.2, -0.15) is 4.98 Å². The minimum atomic E-state index is -0.384. The van der Waals surface area contributed by atoms with Crippen LogP contribution in [0.3, 0.4) is 0 Å². The Labute approximate surface area is 173 Å². The Kier molecular flexibility index (Phi) is 3.72. The zero-order valence-electron chi connectivity index (χ0n) is 16.5. The van der Waals surface area contributed by atoms with Crippen molar-refractivity contribution in [2.24, 2.45) is 0 Å². The van der Waals surface area contributed by atoms with E-state index in [1.54, 1.807) is 12.5 Å². The molecule has 0 N–H and O–H groups in total. The van der Waals surface area contributed by atoms with Gasteiger partial charge in [0, 0.05) is 24.5 Å². The van der Waals surface area contributed by atoms with Crippen molar-refractivity contribution in [2.75, 3.05) is 24.7 Å². The van der Waals surface area contributed by atoms with Crippen LogP contribution in [0, 0.1) is 0 Å². The van der Waals surface area contributed by atoms with Crippen LogP contribution in [-0.4, -0.2) is 54.0 Å². The Bertz CT molecular complexity index is 1220. The van der Waals surface area contributed by atoms with Crippen molar-refractivity contribution in [3.63, 3.8) is 0 Å². The van der Waals surface area contributed by atoms with Gasteiger partial charge in [-0.3, -0.25) is 9.13 Å². The van der Waals surface area contributed by atoms with E-state index in [0.717, 1.165) is 41.7 Å². The van der Waals surface area contributed by atoms with E-state index in [-0.39, 0.29) is 5.54 Å². The standard InChI is InChI=1S/C21H20N8O/c1-2-21-13-30-11-10-29(21)18-16(28-14-24-26-19(21)28)12-23-20(25-18)27-9-8-22-17(27)15-6-4-3-5-7-15/h3-9,12,14H,2,10-11,13H2,1H3/t21-/m0/s1. The third-order valence-corrected chi connectivity index (χ3v) is 6.01. The van der Waals surface area contributed by atoms with Crippen LogP contribution in [0.15, 0.2) is 55.2 Å². The summed E-state index contributed by atoms with van der Waals surface area (Å²) >= 11 is 0. The average Bonchev–Trinajstić information content (AvgIpc) is 3.50. The zero-order chi connectivity index (χ0) is 20.1. The Balaban J connectivity index is 1.53. The first kappa shape index (κ1) is 17.3. The fourth-order valence-corrected chi connectivity index (χ4v) is 4.47. The lowest BCUT2D eigenvalue weighted by Gasteiger charge is -2.49. The molecule has 3 aromatic heterocycles. The molecule has 0 radical (unpaired) electrons. The highest BCUT2D eigenvalue weighted by molar-refractivity contribution is 5.65. The van der Waals surface area contributed by atoms with Crippen LogP contribution in [0.2, 0.25) is 0 Å². The molecule has 0 amide bonds. The van der Waals surface area contributed by atoms with Crippen molar-refractivity contribution in [2.45, 2.75) is 18.9 Å². The second-order valence-corrected chi connectivity index (χ2v) is 7.48. The molecule has 0 saturated carbocycles. The summed E-state index contributed by atoms with van der Waals surface area (Å²) in [6.45, 7) is 4.09. The van der Waals surface area contributed by atoms with Crippen molar-refractivity contribution in [1.29, 1.82) is 0 Å². The van der Waals surface area contributed by atoms with Crippen LogP contribution in [0.4, 0.5) is 5.82 Å². The van der Waals surface area contributed by atoms with E-state index in [9.17, 15) is 0 Å². The molecule has 1 fully saturated rings. The fraction of sp³-hybridized carbons (Fsp3) is 0.286. The molecule has 6 rings (SSSR count). The van der Waals surface area contributed by atoms with Gasteiger partial charge in [0.15, 0.2) is 11.6 Å². The number of hydrogen-bond donors (Lipinski definition) is 0. The number of fused-ring (bicyclic) bond motifs is 6. The lowest BCUT2D eigenvalue weighted by molar-refractivity contribution is 0.0390. The monoisotopic (exact) mass is 400 g/mol. The summed E-state index contributed by atoms with van der Waals surface area (Å²) in [4.78, 5) is 16.5. The minimum absolute atomic E-state index is 0.384. The van der Waals surface area contributed by atoms with Crippen molar-refractivity contribution < 1.29 is 4.74 Å². The Morgan fingerprint density at radius 1 is 1.13 bits per heavy atom. The van der Waals surface area contributed by atoms with Crippen LogP contribution >= 0.6 is 0 Å². The SMILES string of the molecule is CC[C@@]12COCCN1c1nc(-n3ccnc3-c3ccccc3)ncc1-n1cnnc12. The molecule has 1 aromatic carbocycles. The van der Waals surface area contributed by atoms with Gasteiger partial charge in [0.05, 0.1) is 19.4 Å². The van der Waals surface area contributed by atoms with Gasteiger partial charge in [-0.25, -0.2) is 9.97 Å². The predicted molar refractivity (Wildman–Crippen MR) is 110 cm³/mol. The maximum atomic E-state index is 5.87. The van der Waals surface area contributed by atoms with E-state index in [2.05, 4.69) is 32.0 Å². The van der Waals surface area contributed by atoms with Crippen LogP contribution in [0.1, 0.15) is 19.2 Å². The number of ether oxygens (including phenoxy) is 1. The molecule has 0 spiro atoms. The molecule has 2 aliphatic rings. The maximum Gasteiger partial charge on any atom is 0.237 e. The van der Waals surface area contributed by atoms with Crippen LogP contribution in [0.25, 0.3) is 23.0 Å². The first-order valence-electron chi connectivity index (χ1n) is 10.0. The van der Waals surface area contributed by atoms with Crippen molar-refractivity contribution in [3.8, 4) is 23.0 Å². The highest BCUT2D eigenvalue weighted by Gasteiger charge is 2.48. The number of rotatable bonds is 3. The molecular weight excluding hydrogens is 380 g/mol. The van der Waals surface area contributed by atoms with Gasteiger partial charge in [-0.05, 0) is 6.42 Å². The van der Waals surface area contributed by atoms with Gasteiger partial charge in [0.2, 0.25) is 5.95 Å².